The van der Waals surface area contributed by atoms with Gasteiger partial charge in [0.2, 0.25) is 0 Å². The first-order valence-electron chi connectivity index (χ1n) is 9.29. The molecule has 1 aliphatic rings. The van der Waals surface area contributed by atoms with Crippen LogP contribution >= 0.6 is 23.2 Å². The Balaban J connectivity index is 1.73. The topological polar surface area (TPSA) is 45.9 Å². The lowest BCUT2D eigenvalue weighted by Gasteiger charge is -2.26. The number of hydrogen-bond donors (Lipinski definition) is 2. The van der Waals surface area contributed by atoms with Gasteiger partial charge in [-0.15, -0.1) is 0 Å². The first-order valence-corrected chi connectivity index (χ1v) is 10.0. The number of quaternary nitrogens is 1. The van der Waals surface area contributed by atoms with Gasteiger partial charge in [0.15, 0.2) is 6.54 Å². The first kappa shape index (κ1) is 20.6. The average Bonchev–Trinajstić information content (AvgIpc) is 3.06. The van der Waals surface area contributed by atoms with E-state index in [1.165, 1.54) is 5.56 Å². The van der Waals surface area contributed by atoms with Crippen LogP contribution in [0.5, 0.6) is 0 Å². The minimum Gasteiger partial charge on any atom is -0.348 e. The molecule has 1 aliphatic heterocycles. The summed E-state index contributed by atoms with van der Waals surface area (Å²) < 4.78 is 0. The van der Waals surface area contributed by atoms with Crippen LogP contribution < -0.4 is 10.3 Å². The molecule has 3 rings (SSSR count). The van der Waals surface area contributed by atoms with Crippen molar-refractivity contribution in [2.75, 3.05) is 6.54 Å². The van der Waals surface area contributed by atoms with Crippen LogP contribution in [0.2, 0.25) is 10.0 Å². The summed E-state index contributed by atoms with van der Waals surface area (Å²) >= 11 is 12.1. The third-order valence-electron chi connectivity index (χ3n) is 4.84. The number of carbonyl (C=O) groups is 1. The van der Waals surface area contributed by atoms with Crippen LogP contribution in [0.3, 0.4) is 0 Å². The number of rotatable bonds is 7. The van der Waals surface area contributed by atoms with E-state index in [4.69, 9.17) is 23.2 Å². The van der Waals surface area contributed by atoms with Crippen LogP contribution in [-0.4, -0.2) is 24.2 Å². The van der Waals surface area contributed by atoms with Gasteiger partial charge < -0.3 is 5.32 Å². The monoisotopic (exact) mass is 416 g/mol. The van der Waals surface area contributed by atoms with Crippen molar-refractivity contribution in [2.24, 2.45) is 5.10 Å². The maximum absolute atomic E-state index is 12.5. The van der Waals surface area contributed by atoms with Crippen LogP contribution in [0.4, 0.5) is 0 Å². The largest absolute Gasteiger partial charge is 0.348 e. The van der Waals surface area contributed by atoms with E-state index < -0.39 is 0 Å². The van der Waals surface area contributed by atoms with Gasteiger partial charge in [-0.3, -0.25) is 4.79 Å². The summed E-state index contributed by atoms with van der Waals surface area (Å²) in [6.45, 7) is 4.25. The molecule has 0 spiro atoms. The van der Waals surface area contributed by atoms with E-state index in [0.29, 0.717) is 10.0 Å². The average molecular weight is 417 g/mol. The van der Waals surface area contributed by atoms with Crippen molar-refractivity contribution in [3.05, 3.63) is 82.0 Å². The second-order valence-corrected chi connectivity index (χ2v) is 7.97. The van der Waals surface area contributed by atoms with E-state index >= 15 is 0 Å². The quantitative estimate of drug-likeness (QED) is 0.711. The Morgan fingerprint density at radius 3 is 2.25 bits per heavy atom. The molecule has 4 nitrogen and oxygen atoms in total. The van der Waals surface area contributed by atoms with Crippen LogP contribution in [0, 0.1) is 0 Å². The second kappa shape index (κ2) is 9.37. The van der Waals surface area contributed by atoms with E-state index in [-0.39, 0.29) is 24.4 Å². The molecule has 0 radical (unpaired) electrons. The van der Waals surface area contributed by atoms with E-state index in [9.17, 15) is 4.79 Å². The minimum atomic E-state index is -0.0552. The number of nitrogens with zero attached hydrogens (tertiary/aromatic N) is 1. The zero-order chi connectivity index (χ0) is 20.1. The highest BCUT2D eigenvalue weighted by Crippen LogP contribution is 2.26. The Hall–Kier alpha value is -2.14. The van der Waals surface area contributed by atoms with Crippen molar-refractivity contribution in [1.29, 1.82) is 0 Å². The number of halogens is 2. The SMILES string of the molecule is CC1=N[NH+](CC(=O)N[C@H](C)[C@H](Cc2ccc(Cl)cc2)c2ccc(Cl)cc2)C=C1. The normalized spacial score (nSPS) is 17.9. The van der Waals surface area contributed by atoms with Crippen LogP contribution in [0.1, 0.15) is 30.9 Å². The molecule has 6 heteroatoms. The fraction of sp³-hybridized carbons (Fsp3) is 0.273. The molecule has 0 aliphatic carbocycles. The molecule has 0 saturated carbocycles. The summed E-state index contributed by atoms with van der Waals surface area (Å²) in [5, 5.41) is 9.71. The smallest absolute Gasteiger partial charge is 0.278 e. The molecule has 2 N–H and O–H groups in total. The van der Waals surface area contributed by atoms with Gasteiger partial charge in [0.05, 0.1) is 5.71 Å². The van der Waals surface area contributed by atoms with Gasteiger partial charge in [-0.2, -0.15) is 5.01 Å². The van der Waals surface area contributed by atoms with Crippen molar-refractivity contribution < 1.29 is 9.80 Å². The Labute approximate surface area is 175 Å². The fourth-order valence-electron chi connectivity index (χ4n) is 3.35. The van der Waals surface area contributed by atoms with Crippen molar-refractivity contribution in [3.8, 4) is 0 Å². The van der Waals surface area contributed by atoms with Gasteiger partial charge in [-0.05, 0) is 55.7 Å². The number of amides is 1. The van der Waals surface area contributed by atoms with Gasteiger partial charge in [-0.1, -0.05) is 52.6 Å². The van der Waals surface area contributed by atoms with Crippen molar-refractivity contribution in [2.45, 2.75) is 32.2 Å². The molecular weight excluding hydrogens is 393 g/mol. The molecule has 146 valence electrons. The summed E-state index contributed by atoms with van der Waals surface area (Å²) in [7, 11) is 0. The molecule has 0 saturated heterocycles. The van der Waals surface area contributed by atoms with E-state index in [2.05, 4.69) is 10.4 Å². The molecule has 2 aromatic carbocycles. The highest BCUT2D eigenvalue weighted by molar-refractivity contribution is 6.30. The van der Waals surface area contributed by atoms with Gasteiger partial charge in [0.25, 0.3) is 5.91 Å². The Morgan fingerprint density at radius 1 is 1.07 bits per heavy atom. The van der Waals surface area contributed by atoms with Gasteiger partial charge in [0.1, 0.15) is 6.20 Å². The number of hydrogen-bond acceptors (Lipinski definition) is 2. The van der Waals surface area contributed by atoms with E-state index in [0.717, 1.165) is 22.7 Å². The summed E-state index contributed by atoms with van der Waals surface area (Å²) in [6.07, 6.45) is 4.60. The molecule has 0 aromatic heterocycles. The lowest BCUT2D eigenvalue weighted by molar-refractivity contribution is -0.842. The summed E-state index contributed by atoms with van der Waals surface area (Å²) in [6, 6.07) is 15.6. The molecule has 0 fully saturated rings. The van der Waals surface area contributed by atoms with Gasteiger partial charge in [0, 0.05) is 28.1 Å². The zero-order valence-electron chi connectivity index (χ0n) is 16.0. The number of carbonyl (C=O) groups excluding carboxylic acids is 1. The van der Waals surface area contributed by atoms with E-state index in [1.807, 2.05) is 74.7 Å². The third kappa shape index (κ3) is 5.68. The molecule has 1 heterocycles. The first-order chi connectivity index (χ1) is 13.4. The lowest BCUT2D eigenvalue weighted by atomic mass is 9.86. The Bertz CT molecular complexity index is 876. The molecule has 0 bridgehead atoms. The summed E-state index contributed by atoms with van der Waals surface area (Å²) in [5.41, 5.74) is 3.23. The summed E-state index contributed by atoms with van der Waals surface area (Å²) in [5.74, 6) is 0.0809. The van der Waals surface area contributed by atoms with Crippen molar-refractivity contribution in [3.63, 3.8) is 0 Å². The second-order valence-electron chi connectivity index (χ2n) is 7.10. The molecule has 3 atom stereocenters. The zero-order valence-corrected chi connectivity index (χ0v) is 17.5. The highest BCUT2D eigenvalue weighted by Gasteiger charge is 2.24. The number of nitrogens with one attached hydrogen (secondary N) is 2. The Kier molecular flexibility index (Phi) is 6.89. The molecular formula is C22H24Cl2N3O+. The molecule has 28 heavy (non-hydrogen) atoms. The highest BCUT2D eigenvalue weighted by atomic mass is 35.5. The summed E-state index contributed by atoms with van der Waals surface area (Å²) in [4.78, 5) is 12.5. The predicted molar refractivity (Wildman–Crippen MR) is 115 cm³/mol. The third-order valence-corrected chi connectivity index (χ3v) is 5.34. The maximum Gasteiger partial charge on any atom is 0.278 e. The maximum atomic E-state index is 12.5. The predicted octanol–water partition coefficient (Wildman–Crippen LogP) is 3.61. The van der Waals surface area contributed by atoms with Gasteiger partial charge in [-0.25, -0.2) is 0 Å². The van der Waals surface area contributed by atoms with Crippen molar-refractivity contribution >= 4 is 34.8 Å². The molecule has 1 amide bonds. The van der Waals surface area contributed by atoms with Crippen LogP contribution in [0.25, 0.3) is 0 Å². The Morgan fingerprint density at radius 2 is 1.68 bits per heavy atom. The lowest BCUT2D eigenvalue weighted by Crippen LogP contribution is -3.03. The fourth-order valence-corrected chi connectivity index (χ4v) is 3.61. The van der Waals surface area contributed by atoms with Crippen molar-refractivity contribution in [1.82, 2.24) is 5.32 Å². The number of allylic oxidation sites excluding steroid dienone is 1. The van der Waals surface area contributed by atoms with Crippen LogP contribution in [0.15, 0.2) is 65.9 Å². The van der Waals surface area contributed by atoms with E-state index in [1.54, 1.807) is 0 Å². The standard InChI is InChI=1S/C22H23Cl2N3O/c1-15-11-12-27(26-15)14-22(28)25-16(2)21(18-5-9-20(24)10-6-18)13-17-3-7-19(23)8-4-17/h3-12,16,21H,13-14H2,1-2H3,(H,25,28)/p+1/t16-,21+/m1/s1. The van der Waals surface area contributed by atoms with Gasteiger partial charge >= 0.3 is 0 Å². The van der Waals surface area contributed by atoms with Crippen LogP contribution in [-0.2, 0) is 11.2 Å². The molecule has 2 aromatic rings. The molecule has 1 unspecified atom stereocenters. The number of benzene rings is 2. The minimum absolute atomic E-state index is 0.0272.